The average Bonchev–Trinajstić information content (AvgIpc) is 2.73. The molecule has 1 amide bonds. The molecule has 1 N–H and O–H groups in total. The quantitative estimate of drug-likeness (QED) is 0.715. The summed E-state index contributed by atoms with van der Waals surface area (Å²) in [6.45, 7) is 5.36. The number of carbonyl (C=O) groups is 1. The van der Waals surface area contributed by atoms with Crippen molar-refractivity contribution in [2.24, 2.45) is 5.92 Å². The molecular formula is C23H25FN4O2. The van der Waals surface area contributed by atoms with Crippen LogP contribution in [0.25, 0.3) is 10.8 Å². The standard InChI is InChI=1S/C23H25FN4O2/c1-15-6-5-11-27(13-15)22-18-7-3-4-8-19(18)23(30)28(26-22)14-21(29)25-17-10-9-16(2)20(24)12-17/h3-4,7-10,12,15H,5-6,11,13-14H2,1-2H3,(H,25,29)/t15-/m1/s1. The number of fused-ring (bicyclic) bond motifs is 1. The summed E-state index contributed by atoms with van der Waals surface area (Å²) in [5.41, 5.74) is 0.535. The number of hydrogen-bond acceptors (Lipinski definition) is 4. The fraction of sp³-hybridized carbons (Fsp3) is 0.348. The highest BCUT2D eigenvalue weighted by Crippen LogP contribution is 2.26. The second-order valence-corrected chi connectivity index (χ2v) is 8.04. The third kappa shape index (κ3) is 4.06. The van der Waals surface area contributed by atoms with Gasteiger partial charge < -0.3 is 10.2 Å². The lowest BCUT2D eigenvalue weighted by Crippen LogP contribution is -2.38. The van der Waals surface area contributed by atoms with Crippen LogP contribution < -0.4 is 15.8 Å². The van der Waals surface area contributed by atoms with Crippen LogP contribution in [0.2, 0.25) is 0 Å². The highest BCUT2D eigenvalue weighted by molar-refractivity contribution is 5.93. The number of nitrogens with zero attached hydrogens (tertiary/aromatic N) is 3. The molecule has 7 heteroatoms. The van der Waals surface area contributed by atoms with Gasteiger partial charge in [-0.05, 0) is 49.4 Å². The number of aromatic nitrogens is 2. The fourth-order valence-electron chi connectivity index (χ4n) is 3.95. The molecule has 0 radical (unpaired) electrons. The SMILES string of the molecule is Cc1ccc(NC(=O)Cn2nc(N3CCC[C@@H](C)C3)c3ccccc3c2=O)cc1F. The van der Waals surface area contributed by atoms with E-state index in [1.807, 2.05) is 18.2 Å². The van der Waals surface area contributed by atoms with E-state index in [4.69, 9.17) is 0 Å². The molecule has 1 aromatic heterocycles. The van der Waals surface area contributed by atoms with Crippen LogP contribution in [0.1, 0.15) is 25.3 Å². The number of hydrogen-bond donors (Lipinski definition) is 1. The molecule has 2 aromatic carbocycles. The van der Waals surface area contributed by atoms with Gasteiger partial charge >= 0.3 is 0 Å². The van der Waals surface area contributed by atoms with Crippen LogP contribution in [0, 0.1) is 18.7 Å². The van der Waals surface area contributed by atoms with Crippen molar-refractivity contribution in [2.75, 3.05) is 23.3 Å². The number of aryl methyl sites for hydroxylation is 1. The maximum Gasteiger partial charge on any atom is 0.275 e. The van der Waals surface area contributed by atoms with Gasteiger partial charge in [-0.15, -0.1) is 0 Å². The second-order valence-electron chi connectivity index (χ2n) is 8.04. The molecule has 1 fully saturated rings. The van der Waals surface area contributed by atoms with E-state index >= 15 is 0 Å². The molecule has 4 rings (SSSR count). The number of amides is 1. The molecule has 1 aliphatic heterocycles. The summed E-state index contributed by atoms with van der Waals surface area (Å²) in [5, 5.41) is 8.55. The third-order valence-corrected chi connectivity index (χ3v) is 5.55. The van der Waals surface area contributed by atoms with E-state index in [-0.39, 0.29) is 12.1 Å². The fourth-order valence-corrected chi connectivity index (χ4v) is 3.95. The lowest BCUT2D eigenvalue weighted by atomic mass is 10.00. The van der Waals surface area contributed by atoms with Crippen LogP contribution in [-0.2, 0) is 11.3 Å². The van der Waals surface area contributed by atoms with Crippen LogP contribution in [0.4, 0.5) is 15.9 Å². The molecule has 0 aliphatic carbocycles. The van der Waals surface area contributed by atoms with Crippen molar-refractivity contribution in [1.82, 2.24) is 9.78 Å². The normalized spacial score (nSPS) is 16.6. The molecule has 156 valence electrons. The molecule has 6 nitrogen and oxygen atoms in total. The predicted octanol–water partition coefficient (Wildman–Crippen LogP) is 3.72. The highest BCUT2D eigenvalue weighted by atomic mass is 19.1. The molecule has 3 aromatic rings. The number of anilines is 2. The highest BCUT2D eigenvalue weighted by Gasteiger charge is 2.22. The van der Waals surface area contributed by atoms with E-state index < -0.39 is 11.7 Å². The summed E-state index contributed by atoms with van der Waals surface area (Å²) in [6, 6.07) is 11.9. The summed E-state index contributed by atoms with van der Waals surface area (Å²) in [4.78, 5) is 27.7. The maximum absolute atomic E-state index is 13.8. The molecule has 0 saturated carbocycles. The van der Waals surface area contributed by atoms with Crippen LogP contribution >= 0.6 is 0 Å². The summed E-state index contributed by atoms with van der Waals surface area (Å²) < 4.78 is 15.0. The van der Waals surface area contributed by atoms with Crippen molar-refractivity contribution in [3.63, 3.8) is 0 Å². The Kier molecular flexibility index (Phi) is 5.53. The molecule has 0 bridgehead atoms. The van der Waals surface area contributed by atoms with Crippen LogP contribution in [-0.4, -0.2) is 28.8 Å². The number of nitrogens with one attached hydrogen (secondary N) is 1. The average molecular weight is 408 g/mol. The smallest absolute Gasteiger partial charge is 0.275 e. The van der Waals surface area contributed by atoms with Gasteiger partial charge in [0.1, 0.15) is 12.4 Å². The number of halogens is 1. The van der Waals surface area contributed by atoms with Crippen molar-refractivity contribution >= 4 is 28.2 Å². The van der Waals surface area contributed by atoms with Gasteiger partial charge in [0.05, 0.1) is 5.39 Å². The van der Waals surface area contributed by atoms with E-state index in [0.29, 0.717) is 22.6 Å². The van der Waals surface area contributed by atoms with E-state index in [1.54, 1.807) is 25.1 Å². The molecule has 0 spiro atoms. The summed E-state index contributed by atoms with van der Waals surface area (Å²) in [7, 11) is 0. The van der Waals surface area contributed by atoms with Crippen molar-refractivity contribution in [2.45, 2.75) is 33.2 Å². The Balaban J connectivity index is 1.66. The lowest BCUT2D eigenvalue weighted by Gasteiger charge is -2.32. The van der Waals surface area contributed by atoms with E-state index in [0.717, 1.165) is 30.7 Å². The minimum atomic E-state index is -0.430. The lowest BCUT2D eigenvalue weighted by molar-refractivity contribution is -0.117. The van der Waals surface area contributed by atoms with Crippen molar-refractivity contribution < 1.29 is 9.18 Å². The van der Waals surface area contributed by atoms with Gasteiger partial charge in [-0.1, -0.05) is 31.2 Å². The minimum absolute atomic E-state index is 0.241. The zero-order valence-corrected chi connectivity index (χ0v) is 17.2. The second kappa shape index (κ2) is 8.26. The van der Waals surface area contributed by atoms with E-state index in [2.05, 4.69) is 22.2 Å². The monoisotopic (exact) mass is 408 g/mol. The van der Waals surface area contributed by atoms with Gasteiger partial charge in [-0.2, -0.15) is 5.10 Å². The van der Waals surface area contributed by atoms with Crippen molar-refractivity contribution in [3.8, 4) is 0 Å². The van der Waals surface area contributed by atoms with E-state index in [9.17, 15) is 14.0 Å². The predicted molar refractivity (Wildman–Crippen MR) is 116 cm³/mol. The molecule has 2 heterocycles. The minimum Gasteiger partial charge on any atom is -0.354 e. The molecule has 1 aliphatic rings. The topological polar surface area (TPSA) is 67.2 Å². The number of piperidine rings is 1. The first-order valence-corrected chi connectivity index (χ1v) is 10.2. The maximum atomic E-state index is 13.8. The van der Waals surface area contributed by atoms with Crippen molar-refractivity contribution in [3.05, 3.63) is 64.2 Å². The Morgan fingerprint density at radius 3 is 2.73 bits per heavy atom. The van der Waals surface area contributed by atoms with Crippen LogP contribution in [0.3, 0.4) is 0 Å². The number of carbonyl (C=O) groups excluding carboxylic acids is 1. The number of benzene rings is 2. The summed E-state index contributed by atoms with van der Waals surface area (Å²) in [5.74, 6) is 0.446. The third-order valence-electron chi connectivity index (χ3n) is 5.55. The van der Waals surface area contributed by atoms with E-state index in [1.165, 1.54) is 17.2 Å². The van der Waals surface area contributed by atoms with Crippen LogP contribution in [0.5, 0.6) is 0 Å². The van der Waals surface area contributed by atoms with Gasteiger partial charge in [0.25, 0.3) is 5.56 Å². The Hall–Kier alpha value is -3.22. The molecule has 1 saturated heterocycles. The molecule has 30 heavy (non-hydrogen) atoms. The molecular weight excluding hydrogens is 383 g/mol. The Morgan fingerprint density at radius 2 is 2.00 bits per heavy atom. The summed E-state index contributed by atoms with van der Waals surface area (Å²) in [6.07, 6.45) is 2.24. The van der Waals surface area contributed by atoms with Crippen LogP contribution in [0.15, 0.2) is 47.3 Å². The first-order chi connectivity index (χ1) is 14.4. The molecule has 0 unspecified atom stereocenters. The largest absolute Gasteiger partial charge is 0.354 e. The first-order valence-electron chi connectivity index (χ1n) is 10.2. The first kappa shape index (κ1) is 20.1. The zero-order valence-electron chi connectivity index (χ0n) is 17.2. The zero-order chi connectivity index (χ0) is 21.3. The Labute approximate surface area is 174 Å². The van der Waals surface area contributed by atoms with Gasteiger partial charge in [-0.25, -0.2) is 9.07 Å². The number of rotatable bonds is 4. The van der Waals surface area contributed by atoms with Gasteiger partial charge in [0, 0.05) is 24.2 Å². The Morgan fingerprint density at radius 1 is 1.23 bits per heavy atom. The van der Waals surface area contributed by atoms with Gasteiger partial charge in [-0.3, -0.25) is 9.59 Å². The molecule has 1 atom stereocenters. The Bertz CT molecular complexity index is 1160. The summed E-state index contributed by atoms with van der Waals surface area (Å²) >= 11 is 0. The van der Waals surface area contributed by atoms with Gasteiger partial charge in [0.2, 0.25) is 5.91 Å². The van der Waals surface area contributed by atoms with Crippen molar-refractivity contribution in [1.29, 1.82) is 0 Å². The van der Waals surface area contributed by atoms with Gasteiger partial charge in [0.15, 0.2) is 5.82 Å².